The Balaban J connectivity index is 2.06. The average molecular weight is 268 g/mol. The Kier molecular flexibility index (Phi) is 4.99. The molecule has 5 heteroatoms. The Hall–Kier alpha value is -0.880. The number of nitrogens with one attached hydrogen (secondary N) is 1. The number of aliphatic hydroxyl groups is 2. The summed E-state index contributed by atoms with van der Waals surface area (Å²) in [6.45, 7) is 4.84. The number of likely N-dealkylation sites (N-methyl/N-ethyl adjacent to an activating group) is 1. The molecule has 0 bridgehead atoms. The molecule has 1 fully saturated rings. The molecular formula is C14H24N2O3. The average Bonchev–Trinajstić information content (AvgIpc) is 3.01. The third-order valence-corrected chi connectivity index (χ3v) is 3.80. The maximum absolute atomic E-state index is 10.2. The van der Waals surface area contributed by atoms with Gasteiger partial charge in [-0.25, -0.2) is 0 Å². The Morgan fingerprint density at radius 3 is 2.68 bits per heavy atom. The lowest BCUT2D eigenvalue weighted by molar-refractivity contribution is 0.0741. The van der Waals surface area contributed by atoms with E-state index >= 15 is 0 Å². The standard InChI is InChI=1S/C14H24N2O3/c1-10-7-11(8-16-5-3-4-6-16)19-14(10)13(18)12(9-17)15-2/h7,12-13,15,17-18H,3-6,8-9H2,1-2H3. The van der Waals surface area contributed by atoms with Crippen LogP contribution in [0.1, 0.15) is 36.0 Å². The Morgan fingerprint density at radius 1 is 1.42 bits per heavy atom. The van der Waals surface area contributed by atoms with Crippen LogP contribution in [0.3, 0.4) is 0 Å². The maximum atomic E-state index is 10.2. The van der Waals surface area contributed by atoms with E-state index in [0.29, 0.717) is 5.76 Å². The van der Waals surface area contributed by atoms with Gasteiger partial charge in [0.05, 0.1) is 19.2 Å². The number of likely N-dealkylation sites (tertiary alicyclic amines) is 1. The minimum Gasteiger partial charge on any atom is -0.462 e. The summed E-state index contributed by atoms with van der Waals surface area (Å²) < 4.78 is 5.78. The number of furan rings is 1. The van der Waals surface area contributed by atoms with Gasteiger partial charge in [0.1, 0.15) is 17.6 Å². The molecule has 0 aliphatic carbocycles. The van der Waals surface area contributed by atoms with Crippen LogP contribution < -0.4 is 5.32 Å². The molecule has 1 saturated heterocycles. The number of nitrogens with zero attached hydrogens (tertiary/aromatic N) is 1. The van der Waals surface area contributed by atoms with Crippen LogP contribution in [0.15, 0.2) is 10.5 Å². The summed E-state index contributed by atoms with van der Waals surface area (Å²) in [5, 5.41) is 22.3. The van der Waals surface area contributed by atoms with Crippen LogP contribution in [0.4, 0.5) is 0 Å². The molecule has 0 spiro atoms. The van der Waals surface area contributed by atoms with E-state index in [-0.39, 0.29) is 6.61 Å². The maximum Gasteiger partial charge on any atom is 0.137 e. The molecule has 0 saturated carbocycles. The molecule has 1 aliphatic rings. The molecule has 0 amide bonds. The van der Waals surface area contributed by atoms with Gasteiger partial charge in [-0.15, -0.1) is 0 Å². The number of aliphatic hydroxyl groups excluding tert-OH is 2. The summed E-state index contributed by atoms with van der Waals surface area (Å²) in [4.78, 5) is 2.36. The summed E-state index contributed by atoms with van der Waals surface area (Å²) in [6.07, 6.45) is 1.69. The third-order valence-electron chi connectivity index (χ3n) is 3.80. The molecule has 2 heterocycles. The Labute approximate surface area is 114 Å². The molecule has 19 heavy (non-hydrogen) atoms. The molecule has 2 unspecified atom stereocenters. The van der Waals surface area contributed by atoms with Crippen molar-refractivity contribution in [3.8, 4) is 0 Å². The van der Waals surface area contributed by atoms with Gasteiger partial charge in [0.2, 0.25) is 0 Å². The van der Waals surface area contributed by atoms with Crippen LogP contribution in [0.2, 0.25) is 0 Å². The molecule has 3 N–H and O–H groups in total. The van der Waals surface area contributed by atoms with E-state index < -0.39 is 12.1 Å². The van der Waals surface area contributed by atoms with Crippen molar-refractivity contribution in [3.05, 3.63) is 23.2 Å². The van der Waals surface area contributed by atoms with Crippen molar-refractivity contribution in [2.24, 2.45) is 0 Å². The van der Waals surface area contributed by atoms with Gasteiger partial charge < -0.3 is 19.9 Å². The molecule has 1 aromatic rings. The highest BCUT2D eigenvalue weighted by atomic mass is 16.4. The van der Waals surface area contributed by atoms with Gasteiger partial charge in [-0.2, -0.15) is 0 Å². The van der Waals surface area contributed by atoms with E-state index in [9.17, 15) is 10.2 Å². The highest BCUT2D eigenvalue weighted by Crippen LogP contribution is 2.25. The lowest BCUT2D eigenvalue weighted by Crippen LogP contribution is -2.35. The third kappa shape index (κ3) is 3.36. The first-order chi connectivity index (χ1) is 9.15. The summed E-state index contributed by atoms with van der Waals surface area (Å²) in [5.41, 5.74) is 0.940. The normalized spacial score (nSPS) is 19.8. The molecule has 5 nitrogen and oxygen atoms in total. The zero-order valence-electron chi connectivity index (χ0n) is 11.7. The summed E-state index contributed by atoms with van der Waals surface area (Å²) in [7, 11) is 1.72. The van der Waals surface area contributed by atoms with Crippen molar-refractivity contribution in [2.45, 2.75) is 38.5 Å². The van der Waals surface area contributed by atoms with Crippen LogP contribution in [-0.2, 0) is 6.54 Å². The summed E-state index contributed by atoms with van der Waals surface area (Å²) >= 11 is 0. The van der Waals surface area contributed by atoms with Gasteiger partial charge in [0.25, 0.3) is 0 Å². The second-order valence-corrected chi connectivity index (χ2v) is 5.27. The minimum atomic E-state index is -0.817. The van der Waals surface area contributed by atoms with E-state index in [1.165, 1.54) is 12.8 Å². The topological polar surface area (TPSA) is 68.9 Å². The highest BCUT2D eigenvalue weighted by Gasteiger charge is 2.25. The van der Waals surface area contributed by atoms with Crippen molar-refractivity contribution in [3.63, 3.8) is 0 Å². The van der Waals surface area contributed by atoms with Crippen LogP contribution in [0.5, 0.6) is 0 Å². The van der Waals surface area contributed by atoms with E-state index in [1.807, 2.05) is 13.0 Å². The molecule has 2 atom stereocenters. The highest BCUT2D eigenvalue weighted by molar-refractivity contribution is 5.23. The fourth-order valence-corrected chi connectivity index (χ4v) is 2.63. The SMILES string of the molecule is CNC(CO)C(O)c1oc(CN2CCCC2)cc1C. The van der Waals surface area contributed by atoms with Gasteiger partial charge >= 0.3 is 0 Å². The lowest BCUT2D eigenvalue weighted by Gasteiger charge is -2.19. The van der Waals surface area contributed by atoms with E-state index in [4.69, 9.17) is 4.42 Å². The number of hydrogen-bond acceptors (Lipinski definition) is 5. The van der Waals surface area contributed by atoms with Gasteiger partial charge in [-0.3, -0.25) is 4.90 Å². The smallest absolute Gasteiger partial charge is 0.137 e. The van der Waals surface area contributed by atoms with Crippen molar-refractivity contribution in [1.82, 2.24) is 10.2 Å². The van der Waals surface area contributed by atoms with Crippen LogP contribution in [0, 0.1) is 6.92 Å². The van der Waals surface area contributed by atoms with Crippen molar-refractivity contribution < 1.29 is 14.6 Å². The van der Waals surface area contributed by atoms with E-state index in [2.05, 4.69) is 10.2 Å². The minimum absolute atomic E-state index is 0.126. The molecule has 1 aliphatic heterocycles. The van der Waals surface area contributed by atoms with E-state index in [0.717, 1.165) is 31.0 Å². The predicted molar refractivity (Wildman–Crippen MR) is 72.8 cm³/mol. The number of hydrogen-bond donors (Lipinski definition) is 3. The largest absolute Gasteiger partial charge is 0.462 e. The quantitative estimate of drug-likeness (QED) is 0.712. The molecule has 2 rings (SSSR count). The van der Waals surface area contributed by atoms with Gasteiger partial charge in [0, 0.05) is 0 Å². The van der Waals surface area contributed by atoms with Gasteiger partial charge in [-0.05, 0) is 51.5 Å². The Morgan fingerprint density at radius 2 is 2.11 bits per heavy atom. The number of rotatable bonds is 6. The first-order valence-corrected chi connectivity index (χ1v) is 6.93. The fraction of sp³-hybridized carbons (Fsp3) is 0.714. The first-order valence-electron chi connectivity index (χ1n) is 6.93. The molecule has 1 aromatic heterocycles. The first kappa shape index (κ1) is 14.5. The van der Waals surface area contributed by atoms with Crippen LogP contribution >= 0.6 is 0 Å². The predicted octanol–water partition coefficient (Wildman–Crippen LogP) is 0.798. The Bertz CT molecular complexity index is 395. The van der Waals surface area contributed by atoms with Crippen molar-refractivity contribution >= 4 is 0 Å². The molecule has 108 valence electrons. The van der Waals surface area contributed by atoms with Crippen LogP contribution in [0.25, 0.3) is 0 Å². The second kappa shape index (κ2) is 6.52. The lowest BCUT2D eigenvalue weighted by atomic mass is 10.1. The molecule has 0 aromatic carbocycles. The molecule has 0 radical (unpaired) electrons. The van der Waals surface area contributed by atoms with Crippen molar-refractivity contribution in [2.75, 3.05) is 26.7 Å². The van der Waals surface area contributed by atoms with Gasteiger partial charge in [-0.1, -0.05) is 0 Å². The number of aryl methyl sites for hydroxylation is 1. The monoisotopic (exact) mass is 268 g/mol. The second-order valence-electron chi connectivity index (χ2n) is 5.27. The fourth-order valence-electron chi connectivity index (χ4n) is 2.63. The van der Waals surface area contributed by atoms with Crippen molar-refractivity contribution in [1.29, 1.82) is 0 Å². The molecular weight excluding hydrogens is 244 g/mol. The summed E-state index contributed by atoms with van der Waals surface area (Å²) in [6, 6.07) is 1.59. The zero-order chi connectivity index (χ0) is 13.8. The summed E-state index contributed by atoms with van der Waals surface area (Å²) in [5.74, 6) is 1.45. The zero-order valence-corrected chi connectivity index (χ0v) is 11.7. The van der Waals surface area contributed by atoms with E-state index in [1.54, 1.807) is 7.05 Å². The van der Waals surface area contributed by atoms with Gasteiger partial charge in [0.15, 0.2) is 0 Å². The van der Waals surface area contributed by atoms with Crippen LogP contribution in [-0.4, -0.2) is 47.9 Å².